The third-order valence-corrected chi connectivity index (χ3v) is 6.40. The van der Waals surface area contributed by atoms with E-state index in [9.17, 15) is 0 Å². The van der Waals surface area contributed by atoms with Crippen molar-refractivity contribution in [1.82, 2.24) is 4.98 Å². The van der Waals surface area contributed by atoms with Gasteiger partial charge in [0.05, 0.1) is 12.7 Å². The van der Waals surface area contributed by atoms with E-state index in [0.29, 0.717) is 0 Å². The van der Waals surface area contributed by atoms with E-state index in [1.54, 1.807) is 14.2 Å². The smallest absolute Gasteiger partial charge is 0.122 e. The Hall–Kier alpha value is -3.04. The number of allylic oxidation sites excluding steroid dienone is 2. The second kappa shape index (κ2) is 8.84. The first-order chi connectivity index (χ1) is 15.3. The molecule has 3 heteroatoms. The monoisotopic (exact) mass is 427 g/mol. The molecule has 1 N–H and O–H groups in total. The van der Waals surface area contributed by atoms with Gasteiger partial charge in [-0.05, 0) is 51.8 Å². The van der Waals surface area contributed by atoms with Gasteiger partial charge in [-0.25, -0.2) is 0 Å². The first kappa shape index (κ1) is 22.2. The van der Waals surface area contributed by atoms with Crippen molar-refractivity contribution in [2.24, 2.45) is 0 Å². The molecule has 1 aliphatic carbocycles. The quantitative estimate of drug-likeness (QED) is 0.461. The van der Waals surface area contributed by atoms with Gasteiger partial charge in [0.25, 0.3) is 0 Å². The maximum absolute atomic E-state index is 5.98. The maximum Gasteiger partial charge on any atom is 0.122 e. The van der Waals surface area contributed by atoms with Gasteiger partial charge in [0.15, 0.2) is 0 Å². The SMILES string of the molecule is COc1ccccc1CC1(OC)C=CC(c2cc(-c3ccc(C(C)(C)C)cc3)c[nH]2)=CC1. The van der Waals surface area contributed by atoms with Crippen molar-refractivity contribution < 1.29 is 9.47 Å². The van der Waals surface area contributed by atoms with Gasteiger partial charge in [0.1, 0.15) is 5.75 Å². The lowest BCUT2D eigenvalue weighted by Gasteiger charge is -2.31. The van der Waals surface area contributed by atoms with Crippen LogP contribution in [-0.2, 0) is 16.6 Å². The zero-order valence-corrected chi connectivity index (χ0v) is 19.7. The number of aromatic nitrogens is 1. The number of para-hydroxylation sites is 1. The molecule has 0 spiro atoms. The van der Waals surface area contributed by atoms with Crippen molar-refractivity contribution in [2.75, 3.05) is 14.2 Å². The molecule has 0 saturated heterocycles. The van der Waals surface area contributed by atoms with Crippen molar-refractivity contribution in [2.45, 2.75) is 44.6 Å². The summed E-state index contributed by atoms with van der Waals surface area (Å²) in [6.45, 7) is 6.73. The molecule has 0 saturated carbocycles. The third kappa shape index (κ3) is 4.58. The minimum absolute atomic E-state index is 0.164. The lowest BCUT2D eigenvalue weighted by atomic mass is 9.85. The topological polar surface area (TPSA) is 34.2 Å². The molecule has 0 fully saturated rings. The van der Waals surface area contributed by atoms with Crippen LogP contribution in [0.3, 0.4) is 0 Å². The second-order valence-electron chi connectivity index (χ2n) is 9.58. The number of hydrogen-bond donors (Lipinski definition) is 1. The highest BCUT2D eigenvalue weighted by molar-refractivity contribution is 5.77. The molecule has 1 aliphatic rings. The Bertz CT molecular complexity index is 1130. The highest BCUT2D eigenvalue weighted by Gasteiger charge is 2.30. The number of nitrogens with one attached hydrogen (secondary N) is 1. The molecule has 32 heavy (non-hydrogen) atoms. The van der Waals surface area contributed by atoms with Crippen LogP contribution in [0.4, 0.5) is 0 Å². The molecular formula is C29H33NO2. The van der Waals surface area contributed by atoms with Crippen molar-refractivity contribution >= 4 is 5.57 Å². The van der Waals surface area contributed by atoms with Gasteiger partial charge in [0.2, 0.25) is 0 Å². The van der Waals surface area contributed by atoms with Gasteiger partial charge < -0.3 is 14.5 Å². The van der Waals surface area contributed by atoms with Crippen LogP contribution in [0, 0.1) is 0 Å². The number of hydrogen-bond acceptors (Lipinski definition) is 2. The van der Waals surface area contributed by atoms with Crippen LogP contribution in [0.15, 0.2) is 79.0 Å². The number of H-pyrrole nitrogens is 1. The number of ether oxygens (including phenoxy) is 2. The molecule has 0 amide bonds. The van der Waals surface area contributed by atoms with Gasteiger partial charge in [-0.3, -0.25) is 0 Å². The zero-order chi connectivity index (χ0) is 22.8. The van der Waals surface area contributed by atoms with Gasteiger partial charge >= 0.3 is 0 Å². The summed E-state index contributed by atoms with van der Waals surface area (Å²) in [5.41, 5.74) is 7.04. The normalized spacial score (nSPS) is 18.5. The molecule has 1 unspecified atom stereocenters. The molecule has 1 atom stereocenters. The summed E-state index contributed by atoms with van der Waals surface area (Å²) < 4.78 is 11.5. The molecule has 1 aromatic heterocycles. The fourth-order valence-electron chi connectivity index (χ4n) is 4.28. The number of aromatic amines is 1. The minimum atomic E-state index is -0.365. The van der Waals surface area contributed by atoms with Crippen molar-refractivity contribution in [1.29, 1.82) is 0 Å². The molecule has 4 rings (SSSR count). The van der Waals surface area contributed by atoms with E-state index in [-0.39, 0.29) is 11.0 Å². The Morgan fingerprint density at radius 1 is 0.969 bits per heavy atom. The average Bonchev–Trinajstić information content (AvgIpc) is 3.30. The summed E-state index contributed by atoms with van der Waals surface area (Å²) in [4.78, 5) is 3.45. The summed E-state index contributed by atoms with van der Waals surface area (Å²) in [5.74, 6) is 0.901. The van der Waals surface area contributed by atoms with E-state index in [0.717, 1.165) is 29.8 Å². The average molecular weight is 428 g/mol. The molecule has 1 heterocycles. The second-order valence-corrected chi connectivity index (χ2v) is 9.58. The van der Waals surface area contributed by atoms with Crippen LogP contribution < -0.4 is 4.74 Å². The van der Waals surface area contributed by atoms with E-state index < -0.39 is 0 Å². The lowest BCUT2D eigenvalue weighted by molar-refractivity contribution is 0.0340. The molecule has 0 radical (unpaired) electrons. The Labute approximate surface area is 191 Å². The van der Waals surface area contributed by atoms with E-state index in [4.69, 9.17) is 9.47 Å². The number of methoxy groups -OCH3 is 2. The summed E-state index contributed by atoms with van der Waals surface area (Å²) >= 11 is 0. The molecule has 0 bridgehead atoms. The molecule has 3 nitrogen and oxygen atoms in total. The maximum atomic E-state index is 5.98. The number of rotatable bonds is 6. The van der Waals surface area contributed by atoms with Crippen LogP contribution in [0.5, 0.6) is 5.75 Å². The van der Waals surface area contributed by atoms with Gasteiger partial charge in [-0.15, -0.1) is 0 Å². The molecular weight excluding hydrogens is 394 g/mol. The van der Waals surface area contributed by atoms with E-state index in [2.05, 4.69) is 86.6 Å². The molecule has 3 aromatic rings. The minimum Gasteiger partial charge on any atom is -0.496 e. The third-order valence-electron chi connectivity index (χ3n) is 6.40. The van der Waals surface area contributed by atoms with Gasteiger partial charge in [-0.1, -0.05) is 81.5 Å². The zero-order valence-electron chi connectivity index (χ0n) is 19.7. The van der Waals surface area contributed by atoms with Crippen LogP contribution in [-0.4, -0.2) is 24.8 Å². The Balaban J connectivity index is 1.51. The first-order valence-electron chi connectivity index (χ1n) is 11.2. The first-order valence-corrected chi connectivity index (χ1v) is 11.2. The predicted octanol–water partition coefficient (Wildman–Crippen LogP) is 6.96. The summed E-state index contributed by atoms with van der Waals surface area (Å²) in [7, 11) is 3.50. The summed E-state index contributed by atoms with van der Waals surface area (Å²) in [6.07, 6.45) is 10.3. The van der Waals surface area contributed by atoms with Crippen LogP contribution in [0.25, 0.3) is 16.7 Å². The summed E-state index contributed by atoms with van der Waals surface area (Å²) in [6, 6.07) is 19.3. The Morgan fingerprint density at radius 2 is 1.72 bits per heavy atom. The highest BCUT2D eigenvalue weighted by Crippen LogP contribution is 2.35. The van der Waals surface area contributed by atoms with Gasteiger partial charge in [-0.2, -0.15) is 0 Å². The lowest BCUT2D eigenvalue weighted by Crippen LogP contribution is -2.32. The van der Waals surface area contributed by atoms with Crippen molar-refractivity contribution in [3.05, 3.63) is 95.8 Å². The van der Waals surface area contributed by atoms with Gasteiger partial charge in [0, 0.05) is 25.4 Å². The number of benzene rings is 2. The molecule has 166 valence electrons. The predicted molar refractivity (Wildman–Crippen MR) is 133 cm³/mol. The molecule has 2 aromatic carbocycles. The van der Waals surface area contributed by atoms with Crippen LogP contribution in [0.2, 0.25) is 0 Å². The Morgan fingerprint density at radius 3 is 2.34 bits per heavy atom. The fourth-order valence-corrected chi connectivity index (χ4v) is 4.28. The van der Waals surface area contributed by atoms with E-state index in [1.807, 2.05) is 18.2 Å². The fraction of sp³-hybridized carbons (Fsp3) is 0.310. The van der Waals surface area contributed by atoms with Crippen molar-refractivity contribution in [3.8, 4) is 16.9 Å². The highest BCUT2D eigenvalue weighted by atomic mass is 16.5. The van der Waals surface area contributed by atoms with E-state index >= 15 is 0 Å². The van der Waals surface area contributed by atoms with Crippen LogP contribution >= 0.6 is 0 Å². The largest absolute Gasteiger partial charge is 0.496 e. The standard InChI is InChI=1S/C29H33NO2/c1-28(2,3)25-12-10-21(11-13-25)24-18-26(30-20-24)22-14-16-29(32-5,17-15-22)19-23-8-6-7-9-27(23)31-4/h6-16,18,20,30H,17,19H2,1-5H3. The van der Waals surface area contributed by atoms with Crippen molar-refractivity contribution in [3.63, 3.8) is 0 Å². The van der Waals surface area contributed by atoms with E-state index in [1.165, 1.54) is 22.3 Å². The Kier molecular flexibility index (Phi) is 6.12. The summed E-state index contributed by atoms with van der Waals surface area (Å²) in [5, 5.41) is 0. The molecule has 0 aliphatic heterocycles. The van der Waals surface area contributed by atoms with Crippen LogP contribution in [0.1, 0.15) is 44.0 Å².